The number of thioether (sulfide) groups is 1. The SMILES string of the molecule is Cc1ccc(Cn2cc(/C=C3\SC(=O)N(CC(=O)Nc4cccc(C)c4C)C3=O)c3ccccc32)cc1. The minimum atomic E-state index is -0.457. The molecule has 0 spiro atoms. The largest absolute Gasteiger partial charge is 0.342 e. The van der Waals surface area contributed by atoms with Gasteiger partial charge >= 0.3 is 0 Å². The van der Waals surface area contributed by atoms with Crippen molar-refractivity contribution in [3.8, 4) is 0 Å². The Hall–Kier alpha value is -4.10. The third-order valence-corrected chi connectivity index (χ3v) is 7.54. The molecule has 1 saturated heterocycles. The third-order valence-electron chi connectivity index (χ3n) is 6.63. The van der Waals surface area contributed by atoms with E-state index >= 15 is 0 Å². The molecule has 186 valence electrons. The van der Waals surface area contributed by atoms with Crippen molar-refractivity contribution in [2.24, 2.45) is 0 Å². The van der Waals surface area contributed by atoms with Crippen molar-refractivity contribution in [3.63, 3.8) is 0 Å². The smallest absolute Gasteiger partial charge is 0.294 e. The van der Waals surface area contributed by atoms with Crippen LogP contribution < -0.4 is 5.32 Å². The first-order valence-electron chi connectivity index (χ1n) is 12.0. The topological polar surface area (TPSA) is 71.4 Å². The van der Waals surface area contributed by atoms with E-state index in [0.717, 1.165) is 44.3 Å². The van der Waals surface area contributed by atoms with E-state index in [4.69, 9.17) is 0 Å². The van der Waals surface area contributed by atoms with Crippen molar-refractivity contribution in [2.75, 3.05) is 11.9 Å². The molecule has 0 saturated carbocycles. The van der Waals surface area contributed by atoms with Gasteiger partial charge in [0.25, 0.3) is 11.1 Å². The van der Waals surface area contributed by atoms with Crippen LogP contribution in [0.25, 0.3) is 17.0 Å². The molecule has 2 heterocycles. The summed E-state index contributed by atoms with van der Waals surface area (Å²) in [6, 6.07) is 22.0. The zero-order valence-electron chi connectivity index (χ0n) is 20.9. The first-order chi connectivity index (χ1) is 17.8. The zero-order chi connectivity index (χ0) is 26.1. The van der Waals surface area contributed by atoms with Gasteiger partial charge in [-0.05, 0) is 67.4 Å². The van der Waals surface area contributed by atoms with Gasteiger partial charge in [0.1, 0.15) is 6.54 Å². The highest BCUT2D eigenvalue weighted by Crippen LogP contribution is 2.34. The highest BCUT2D eigenvalue weighted by Gasteiger charge is 2.36. The molecule has 1 N–H and O–H groups in total. The molecule has 4 aromatic rings. The number of para-hydroxylation sites is 1. The third kappa shape index (κ3) is 5.08. The van der Waals surface area contributed by atoms with Crippen LogP contribution in [0.4, 0.5) is 10.5 Å². The Morgan fingerprint density at radius 1 is 0.946 bits per heavy atom. The number of hydrogen-bond acceptors (Lipinski definition) is 4. The predicted octanol–water partition coefficient (Wildman–Crippen LogP) is 6.29. The minimum absolute atomic E-state index is 0.308. The van der Waals surface area contributed by atoms with E-state index in [0.29, 0.717) is 17.1 Å². The normalized spacial score (nSPS) is 14.7. The Morgan fingerprint density at radius 3 is 2.49 bits per heavy atom. The van der Waals surface area contributed by atoms with Gasteiger partial charge in [-0.3, -0.25) is 19.3 Å². The number of amides is 3. The lowest BCUT2D eigenvalue weighted by atomic mass is 10.1. The summed E-state index contributed by atoms with van der Waals surface area (Å²) in [4.78, 5) is 39.8. The molecule has 1 fully saturated rings. The van der Waals surface area contributed by atoms with E-state index in [-0.39, 0.29) is 6.54 Å². The van der Waals surface area contributed by atoms with Gasteiger partial charge in [-0.1, -0.05) is 60.2 Å². The van der Waals surface area contributed by atoms with Gasteiger partial charge in [-0.2, -0.15) is 0 Å². The van der Waals surface area contributed by atoms with Gasteiger partial charge in [0.2, 0.25) is 5.91 Å². The van der Waals surface area contributed by atoms with Crippen LogP contribution in [0, 0.1) is 20.8 Å². The lowest BCUT2D eigenvalue weighted by Crippen LogP contribution is -2.36. The lowest BCUT2D eigenvalue weighted by molar-refractivity contribution is -0.127. The van der Waals surface area contributed by atoms with E-state index in [9.17, 15) is 14.4 Å². The first kappa shape index (κ1) is 24.6. The summed E-state index contributed by atoms with van der Waals surface area (Å²) >= 11 is 0.863. The van der Waals surface area contributed by atoms with E-state index in [1.807, 2.05) is 56.4 Å². The van der Waals surface area contributed by atoms with Crippen LogP contribution in [0.2, 0.25) is 0 Å². The molecule has 1 aliphatic heterocycles. The monoisotopic (exact) mass is 509 g/mol. The van der Waals surface area contributed by atoms with Crippen molar-refractivity contribution in [3.05, 3.63) is 106 Å². The maximum Gasteiger partial charge on any atom is 0.294 e. The first-order valence-corrected chi connectivity index (χ1v) is 12.9. The predicted molar refractivity (Wildman–Crippen MR) is 149 cm³/mol. The Labute approximate surface area is 220 Å². The van der Waals surface area contributed by atoms with Crippen LogP contribution in [-0.4, -0.2) is 33.1 Å². The average Bonchev–Trinajstić information content (AvgIpc) is 3.35. The van der Waals surface area contributed by atoms with Gasteiger partial charge in [-0.15, -0.1) is 0 Å². The van der Waals surface area contributed by atoms with Crippen molar-refractivity contribution < 1.29 is 14.4 Å². The Bertz CT molecular complexity index is 1570. The van der Waals surface area contributed by atoms with Gasteiger partial charge in [0, 0.05) is 34.9 Å². The van der Waals surface area contributed by atoms with Crippen LogP contribution >= 0.6 is 11.8 Å². The summed E-state index contributed by atoms with van der Waals surface area (Å²) in [6.07, 6.45) is 3.76. The van der Waals surface area contributed by atoms with Crippen molar-refractivity contribution in [1.82, 2.24) is 9.47 Å². The molecule has 6 nitrogen and oxygen atoms in total. The molecule has 1 aliphatic rings. The van der Waals surface area contributed by atoms with Gasteiger partial charge < -0.3 is 9.88 Å². The fourth-order valence-electron chi connectivity index (χ4n) is 4.41. The Balaban J connectivity index is 1.37. The minimum Gasteiger partial charge on any atom is -0.342 e. The zero-order valence-corrected chi connectivity index (χ0v) is 21.8. The van der Waals surface area contributed by atoms with E-state index in [1.165, 1.54) is 11.1 Å². The molecular formula is C30H27N3O3S. The number of nitrogens with one attached hydrogen (secondary N) is 1. The summed E-state index contributed by atoms with van der Waals surface area (Å²) in [6.45, 7) is 6.31. The van der Waals surface area contributed by atoms with Crippen LogP contribution in [0.1, 0.15) is 27.8 Å². The molecule has 0 radical (unpaired) electrons. The number of aromatic nitrogens is 1. The summed E-state index contributed by atoms with van der Waals surface area (Å²) in [7, 11) is 0. The van der Waals surface area contributed by atoms with Crippen molar-refractivity contribution in [1.29, 1.82) is 0 Å². The van der Waals surface area contributed by atoms with Crippen molar-refractivity contribution >= 4 is 51.5 Å². The summed E-state index contributed by atoms with van der Waals surface area (Å²) in [5, 5.41) is 3.37. The van der Waals surface area contributed by atoms with E-state index in [1.54, 1.807) is 12.1 Å². The molecule has 0 aliphatic carbocycles. The number of carbonyl (C=O) groups excluding carboxylic acids is 3. The van der Waals surface area contributed by atoms with Crippen molar-refractivity contribution in [2.45, 2.75) is 27.3 Å². The number of benzene rings is 3. The average molecular weight is 510 g/mol. The molecular weight excluding hydrogens is 482 g/mol. The van der Waals surface area contributed by atoms with Crippen LogP contribution in [0.15, 0.2) is 77.8 Å². The number of anilines is 1. The maximum absolute atomic E-state index is 13.1. The van der Waals surface area contributed by atoms with Gasteiger partial charge in [-0.25, -0.2) is 0 Å². The highest BCUT2D eigenvalue weighted by molar-refractivity contribution is 8.18. The summed E-state index contributed by atoms with van der Waals surface area (Å²) < 4.78 is 2.15. The van der Waals surface area contributed by atoms with E-state index < -0.39 is 17.1 Å². The number of aryl methyl sites for hydroxylation is 2. The molecule has 5 rings (SSSR count). The van der Waals surface area contributed by atoms with Gasteiger partial charge in [0.15, 0.2) is 0 Å². The fourth-order valence-corrected chi connectivity index (χ4v) is 5.24. The van der Waals surface area contributed by atoms with Crippen LogP contribution in [-0.2, 0) is 16.1 Å². The number of fused-ring (bicyclic) bond motifs is 1. The maximum atomic E-state index is 13.1. The summed E-state index contributed by atoms with van der Waals surface area (Å²) in [5.74, 6) is -0.867. The van der Waals surface area contributed by atoms with Crippen LogP contribution in [0.5, 0.6) is 0 Å². The van der Waals surface area contributed by atoms with Gasteiger partial charge in [0.05, 0.1) is 4.91 Å². The lowest BCUT2D eigenvalue weighted by Gasteiger charge is -2.14. The molecule has 1 aromatic heterocycles. The number of rotatable bonds is 6. The molecule has 3 aromatic carbocycles. The molecule has 0 unspecified atom stereocenters. The highest BCUT2D eigenvalue weighted by atomic mass is 32.2. The number of imide groups is 1. The molecule has 3 amide bonds. The molecule has 7 heteroatoms. The Kier molecular flexibility index (Phi) is 6.72. The molecule has 0 atom stereocenters. The molecule has 0 bridgehead atoms. The number of hydrogen-bond donors (Lipinski definition) is 1. The summed E-state index contributed by atoms with van der Waals surface area (Å²) in [5.41, 5.74) is 6.96. The number of carbonyl (C=O) groups is 3. The quantitative estimate of drug-likeness (QED) is 0.310. The molecule has 37 heavy (non-hydrogen) atoms. The van der Waals surface area contributed by atoms with E-state index in [2.05, 4.69) is 41.1 Å². The fraction of sp³-hybridized carbons (Fsp3) is 0.167. The standard InChI is InChI=1S/C30H27N3O3S/c1-19-11-13-22(14-12-19)16-32-17-23(24-8-4-5-10-26(24)32)15-27-29(35)33(30(36)37-27)18-28(34)31-25-9-6-7-20(2)21(25)3/h4-15,17H,16,18H2,1-3H3,(H,31,34)/b27-15-. The van der Waals surface area contributed by atoms with Crippen LogP contribution in [0.3, 0.4) is 0 Å². The second-order valence-corrected chi connectivity index (χ2v) is 10.3. The second kappa shape index (κ2) is 10.1. The second-order valence-electron chi connectivity index (χ2n) is 9.28. The number of nitrogens with zero attached hydrogens (tertiary/aromatic N) is 2. The Morgan fingerprint density at radius 2 is 1.70 bits per heavy atom.